The summed E-state index contributed by atoms with van der Waals surface area (Å²) in [6, 6.07) is 12.5. The number of amides is 2. The minimum atomic E-state index is -3.74. The summed E-state index contributed by atoms with van der Waals surface area (Å²) in [4.78, 5) is 26.7. The second-order valence-electron chi connectivity index (χ2n) is 8.74. The summed E-state index contributed by atoms with van der Waals surface area (Å²) in [5.41, 5.74) is 3.35. The van der Waals surface area contributed by atoms with Gasteiger partial charge in [-0.3, -0.25) is 9.59 Å². The Morgan fingerprint density at radius 2 is 1.88 bits per heavy atom. The fourth-order valence-electron chi connectivity index (χ4n) is 4.72. The molecule has 0 aliphatic carbocycles. The summed E-state index contributed by atoms with van der Waals surface area (Å²) < 4.78 is 28.2. The monoisotopic (exact) mass is 455 g/mol. The van der Waals surface area contributed by atoms with Gasteiger partial charge in [0.1, 0.15) is 0 Å². The molecule has 1 fully saturated rings. The molecule has 2 aliphatic heterocycles. The molecule has 0 saturated carbocycles. The summed E-state index contributed by atoms with van der Waals surface area (Å²) in [5.74, 6) is -0.606. The molecule has 2 amide bonds. The zero-order chi connectivity index (χ0) is 23.0. The molecule has 2 heterocycles. The van der Waals surface area contributed by atoms with Crippen molar-refractivity contribution in [1.29, 1.82) is 0 Å². The molecule has 7 nitrogen and oxygen atoms in total. The van der Waals surface area contributed by atoms with Crippen molar-refractivity contribution in [2.45, 2.75) is 51.0 Å². The van der Waals surface area contributed by atoms with Crippen LogP contribution >= 0.6 is 0 Å². The molecule has 4 rings (SSSR count). The predicted molar refractivity (Wildman–Crippen MR) is 124 cm³/mol. The van der Waals surface area contributed by atoms with E-state index in [0.717, 1.165) is 22.5 Å². The smallest absolute Gasteiger partial charge is 0.243 e. The summed E-state index contributed by atoms with van der Waals surface area (Å²) in [5, 5.41) is 2.95. The van der Waals surface area contributed by atoms with Crippen LogP contribution in [0.3, 0.4) is 0 Å². The molecule has 1 N–H and O–H groups in total. The number of benzene rings is 2. The number of fused-ring (bicyclic) bond motifs is 1. The molecular weight excluding hydrogens is 426 g/mol. The van der Waals surface area contributed by atoms with Gasteiger partial charge in [0.05, 0.1) is 10.8 Å². The molecular formula is C24H29N3O4S. The average molecular weight is 456 g/mol. The van der Waals surface area contributed by atoms with Gasteiger partial charge < -0.3 is 10.2 Å². The van der Waals surface area contributed by atoms with Crippen LogP contribution in [0.4, 0.5) is 11.4 Å². The van der Waals surface area contributed by atoms with Crippen LogP contribution in [-0.4, -0.2) is 43.7 Å². The van der Waals surface area contributed by atoms with E-state index in [4.69, 9.17) is 0 Å². The number of sulfonamides is 1. The second kappa shape index (κ2) is 8.67. The van der Waals surface area contributed by atoms with Crippen molar-refractivity contribution in [3.63, 3.8) is 0 Å². The largest absolute Gasteiger partial charge is 0.326 e. The maximum atomic E-state index is 13.4. The quantitative estimate of drug-likeness (QED) is 0.766. The molecule has 32 heavy (non-hydrogen) atoms. The van der Waals surface area contributed by atoms with Crippen molar-refractivity contribution >= 4 is 33.2 Å². The highest BCUT2D eigenvalue weighted by atomic mass is 32.2. The molecule has 0 aromatic heterocycles. The fourth-order valence-corrected chi connectivity index (χ4v) is 6.29. The first-order valence-electron chi connectivity index (χ1n) is 11.0. The van der Waals surface area contributed by atoms with E-state index in [9.17, 15) is 18.0 Å². The number of hydrogen-bond acceptors (Lipinski definition) is 4. The van der Waals surface area contributed by atoms with Gasteiger partial charge >= 0.3 is 0 Å². The third-order valence-electron chi connectivity index (χ3n) is 6.40. The molecule has 1 saturated heterocycles. The number of hydrogen-bond donors (Lipinski definition) is 1. The van der Waals surface area contributed by atoms with E-state index in [1.807, 2.05) is 38.1 Å². The van der Waals surface area contributed by atoms with Gasteiger partial charge in [-0.25, -0.2) is 8.42 Å². The number of carbonyl (C=O) groups is 2. The maximum absolute atomic E-state index is 13.4. The maximum Gasteiger partial charge on any atom is 0.243 e. The molecule has 0 unspecified atom stereocenters. The summed E-state index contributed by atoms with van der Waals surface area (Å²) in [7, 11) is -3.74. The van der Waals surface area contributed by atoms with Crippen molar-refractivity contribution in [2.75, 3.05) is 23.3 Å². The first-order chi connectivity index (χ1) is 15.2. The highest BCUT2D eigenvalue weighted by molar-refractivity contribution is 7.89. The van der Waals surface area contributed by atoms with Crippen LogP contribution in [0.15, 0.2) is 47.4 Å². The zero-order valence-electron chi connectivity index (χ0n) is 18.7. The minimum absolute atomic E-state index is 0.00459. The Morgan fingerprint density at radius 1 is 1.12 bits per heavy atom. The number of nitrogens with one attached hydrogen (secondary N) is 1. The lowest BCUT2D eigenvalue weighted by Gasteiger charge is -2.31. The number of carbonyl (C=O) groups excluding carboxylic acids is 2. The summed E-state index contributed by atoms with van der Waals surface area (Å²) in [6.45, 7) is 5.95. The number of anilines is 2. The van der Waals surface area contributed by atoms with Crippen LogP contribution < -0.4 is 10.2 Å². The Labute approximate surface area is 189 Å². The van der Waals surface area contributed by atoms with Crippen molar-refractivity contribution in [2.24, 2.45) is 5.92 Å². The highest BCUT2D eigenvalue weighted by Gasteiger charge is 2.35. The van der Waals surface area contributed by atoms with E-state index in [1.54, 1.807) is 23.1 Å². The minimum Gasteiger partial charge on any atom is -0.326 e. The third kappa shape index (κ3) is 4.17. The predicted octanol–water partition coefficient (Wildman–Crippen LogP) is 3.33. The van der Waals surface area contributed by atoms with Crippen molar-refractivity contribution in [3.05, 3.63) is 53.6 Å². The molecule has 2 aliphatic rings. The van der Waals surface area contributed by atoms with Gasteiger partial charge in [0.15, 0.2) is 0 Å². The number of piperidine rings is 1. The molecule has 2 atom stereocenters. The van der Waals surface area contributed by atoms with E-state index in [2.05, 4.69) is 5.32 Å². The van der Waals surface area contributed by atoms with Gasteiger partial charge in [0, 0.05) is 37.4 Å². The lowest BCUT2D eigenvalue weighted by Crippen LogP contribution is -2.43. The normalized spacial score (nSPS) is 21.3. The first-order valence-corrected chi connectivity index (χ1v) is 12.4. The number of nitrogens with zero attached hydrogens (tertiary/aromatic N) is 2. The molecule has 8 heteroatoms. The molecule has 2 aromatic carbocycles. The SMILES string of the molecule is CC(=O)N1c2ccc(S(=O)(=O)N3CCC[C@H](C(=O)Nc4ccccc4C)C3)cc2C[C@H]1C. The Bertz CT molecular complexity index is 1160. The third-order valence-corrected chi connectivity index (χ3v) is 8.26. The van der Waals surface area contributed by atoms with Crippen LogP contribution in [0.25, 0.3) is 0 Å². The van der Waals surface area contributed by atoms with Gasteiger partial charge in [-0.15, -0.1) is 0 Å². The van der Waals surface area contributed by atoms with Crippen LogP contribution in [0.2, 0.25) is 0 Å². The van der Waals surface area contributed by atoms with Crippen molar-refractivity contribution in [3.8, 4) is 0 Å². The Hall–Kier alpha value is -2.71. The topological polar surface area (TPSA) is 86.8 Å². The van der Waals surface area contributed by atoms with E-state index in [-0.39, 0.29) is 29.3 Å². The highest BCUT2D eigenvalue weighted by Crippen LogP contribution is 2.35. The number of para-hydroxylation sites is 1. The molecule has 170 valence electrons. The Kier molecular flexibility index (Phi) is 6.09. The van der Waals surface area contributed by atoms with Crippen molar-refractivity contribution in [1.82, 2.24) is 4.31 Å². The summed E-state index contributed by atoms with van der Waals surface area (Å²) >= 11 is 0. The lowest BCUT2D eigenvalue weighted by molar-refractivity contribution is -0.121. The van der Waals surface area contributed by atoms with E-state index >= 15 is 0 Å². The van der Waals surface area contributed by atoms with Crippen molar-refractivity contribution < 1.29 is 18.0 Å². The van der Waals surface area contributed by atoms with Crippen LogP contribution in [0.5, 0.6) is 0 Å². The van der Waals surface area contributed by atoms with Crippen LogP contribution in [0.1, 0.15) is 37.8 Å². The van der Waals surface area contributed by atoms with Gasteiger partial charge in [0.2, 0.25) is 21.8 Å². The zero-order valence-corrected chi connectivity index (χ0v) is 19.5. The van der Waals surface area contributed by atoms with E-state index in [0.29, 0.717) is 25.8 Å². The van der Waals surface area contributed by atoms with Gasteiger partial charge in [-0.05, 0) is 68.5 Å². The molecule has 0 radical (unpaired) electrons. The van der Waals surface area contributed by atoms with Crippen LogP contribution in [-0.2, 0) is 26.0 Å². The fraction of sp³-hybridized carbons (Fsp3) is 0.417. The standard InChI is InChI=1S/C24H29N3O4S/c1-16-7-4-5-9-22(16)25-24(29)19-8-6-12-26(15-19)32(30,31)21-10-11-23-20(14-21)13-17(2)27(23)18(3)28/h4-5,7,9-11,14,17,19H,6,8,12-13,15H2,1-3H3,(H,25,29)/t17-,19+/m1/s1. The molecule has 0 spiro atoms. The van der Waals surface area contributed by atoms with Gasteiger partial charge in [0.25, 0.3) is 0 Å². The average Bonchev–Trinajstić information content (AvgIpc) is 3.10. The lowest BCUT2D eigenvalue weighted by atomic mass is 9.98. The summed E-state index contributed by atoms with van der Waals surface area (Å²) in [6.07, 6.45) is 1.91. The Balaban J connectivity index is 1.52. The molecule has 2 aromatic rings. The van der Waals surface area contributed by atoms with E-state index in [1.165, 1.54) is 11.2 Å². The Morgan fingerprint density at radius 3 is 2.59 bits per heavy atom. The first kappa shape index (κ1) is 22.5. The van der Waals surface area contributed by atoms with Gasteiger partial charge in [-0.2, -0.15) is 4.31 Å². The number of rotatable bonds is 4. The van der Waals surface area contributed by atoms with Crippen LogP contribution in [0, 0.1) is 12.8 Å². The van der Waals surface area contributed by atoms with Gasteiger partial charge in [-0.1, -0.05) is 18.2 Å². The number of aryl methyl sites for hydroxylation is 1. The second-order valence-corrected chi connectivity index (χ2v) is 10.7. The molecule has 0 bridgehead atoms. The van der Waals surface area contributed by atoms with E-state index < -0.39 is 15.9 Å².